The summed E-state index contributed by atoms with van der Waals surface area (Å²) >= 11 is 0. The van der Waals surface area contributed by atoms with E-state index in [2.05, 4.69) is 6.92 Å². The maximum absolute atomic E-state index is 13.2. The number of hydrogen-bond donors (Lipinski definition) is 2. The van der Waals surface area contributed by atoms with Gasteiger partial charge in [-0.05, 0) is 85.8 Å². The van der Waals surface area contributed by atoms with Crippen LogP contribution in [0.1, 0.15) is 75.3 Å². The van der Waals surface area contributed by atoms with Gasteiger partial charge in [-0.2, -0.15) is 22.0 Å². The number of ketones is 1. The Morgan fingerprint density at radius 3 is 2.46 bits per heavy atom. The van der Waals surface area contributed by atoms with Crippen molar-refractivity contribution in [2.45, 2.75) is 82.7 Å². The van der Waals surface area contributed by atoms with Crippen LogP contribution in [0.15, 0.2) is 12.1 Å². The molecule has 0 bridgehead atoms. The fourth-order valence-corrected chi connectivity index (χ4v) is 8.63. The first-order chi connectivity index (χ1) is 18.2. The summed E-state index contributed by atoms with van der Waals surface area (Å²) < 4.78 is 81.4. The number of alkyl halides is 5. The van der Waals surface area contributed by atoms with Gasteiger partial charge in [-0.3, -0.25) is 9.00 Å². The molecule has 4 rings (SSSR count). The Hall–Kier alpha value is -1.53. The molecule has 0 radical (unpaired) electrons. The molecule has 218 valence electrons. The molecule has 0 aromatic heterocycles. The third-order valence-corrected chi connectivity index (χ3v) is 10.9. The predicted octanol–water partition coefficient (Wildman–Crippen LogP) is 4.53. The Labute approximate surface area is 228 Å². The van der Waals surface area contributed by atoms with Crippen LogP contribution in [0, 0.1) is 23.2 Å². The molecule has 0 spiro atoms. The van der Waals surface area contributed by atoms with Gasteiger partial charge in [0, 0.05) is 46.0 Å². The molecule has 2 N–H and O–H groups in total. The summed E-state index contributed by atoms with van der Waals surface area (Å²) in [7, 11) is -1.73. The lowest BCUT2D eigenvalue weighted by Gasteiger charge is -2.52. The second-order valence-corrected chi connectivity index (χ2v) is 13.3. The molecular weight excluding hydrogens is 542 g/mol. The fraction of sp³-hybridized carbons (Fsp3) is 0.741. The molecule has 0 aliphatic heterocycles. The highest BCUT2D eigenvalue weighted by Crippen LogP contribution is 2.61. The topological polar surface area (TPSA) is 83.8 Å². The smallest absolute Gasteiger partial charge is 0.492 e. The Morgan fingerprint density at radius 1 is 1.13 bits per heavy atom. The molecule has 3 aliphatic rings. The number of fused-ring (bicyclic) bond motifs is 5. The van der Waals surface area contributed by atoms with E-state index < -0.39 is 42.9 Å². The average Bonchev–Trinajstić information content (AvgIpc) is 3.16. The van der Waals surface area contributed by atoms with Gasteiger partial charge in [-0.1, -0.05) is 13.0 Å². The molecule has 6 atom stereocenters. The summed E-state index contributed by atoms with van der Waals surface area (Å²) in [6.07, 6.45) is -2.65. The van der Waals surface area contributed by atoms with Gasteiger partial charge < -0.3 is 14.8 Å². The van der Waals surface area contributed by atoms with E-state index in [9.17, 15) is 41.0 Å². The van der Waals surface area contributed by atoms with Crippen molar-refractivity contribution < 1.29 is 45.7 Å². The lowest BCUT2D eigenvalue weighted by Crippen LogP contribution is -2.46. The summed E-state index contributed by atoms with van der Waals surface area (Å²) in [4.78, 5) is 12.9. The van der Waals surface area contributed by atoms with Crippen LogP contribution < -0.4 is 10.2 Å². The fourth-order valence-electron chi connectivity index (χ4n) is 7.47. The molecule has 2 saturated carbocycles. The van der Waals surface area contributed by atoms with Gasteiger partial charge in [-0.15, -0.1) is 0 Å². The second kappa shape index (κ2) is 11.4. The monoisotopic (exact) mass is 578 g/mol. The van der Waals surface area contributed by atoms with E-state index in [0.29, 0.717) is 37.2 Å². The van der Waals surface area contributed by atoms with E-state index in [1.54, 1.807) is 6.07 Å². The highest BCUT2D eigenvalue weighted by molar-refractivity contribution is 7.84. The second-order valence-electron chi connectivity index (χ2n) is 11.6. The molecular formula is C27H36BF5O5S. The molecule has 0 saturated heterocycles. The van der Waals surface area contributed by atoms with Gasteiger partial charge in [0.25, 0.3) is 0 Å². The normalized spacial score (nSPS) is 29.4. The van der Waals surface area contributed by atoms with Gasteiger partial charge in [0.05, 0.1) is 7.11 Å². The van der Waals surface area contributed by atoms with Crippen LogP contribution in [0.5, 0.6) is 5.75 Å². The van der Waals surface area contributed by atoms with Crippen LogP contribution in [0.2, 0.25) is 0 Å². The minimum absolute atomic E-state index is 0.140. The molecule has 1 aromatic carbocycles. The standard InChI is InChI=1S/C27H36BF5O5S/c1-25-10-8-18-19-15-22(38-2)21(28(35)36)14-17(19)13-16(24(18)20(25)6-7-23(25)34)5-3-11-39(37)12-4-9-26(29,30)27(31,32)33/h14-16,18,20,24,35-36H,3-13H2,1-2H3/t16-,18-,20+,24-,25+,39?/m1/s1. The van der Waals surface area contributed by atoms with Crippen LogP contribution in [-0.2, 0) is 22.0 Å². The van der Waals surface area contributed by atoms with E-state index >= 15 is 0 Å². The largest absolute Gasteiger partial charge is 0.497 e. The van der Waals surface area contributed by atoms with Crippen molar-refractivity contribution in [3.8, 4) is 5.75 Å². The molecule has 12 heteroatoms. The number of benzene rings is 1. The lowest BCUT2D eigenvalue weighted by molar-refractivity contribution is -0.284. The summed E-state index contributed by atoms with van der Waals surface area (Å²) in [6.45, 7) is 2.06. The summed E-state index contributed by atoms with van der Waals surface area (Å²) in [6, 6.07) is 3.66. The van der Waals surface area contributed by atoms with Gasteiger partial charge in [0.1, 0.15) is 11.5 Å². The minimum atomic E-state index is -5.60. The number of hydrogen-bond acceptors (Lipinski definition) is 5. The van der Waals surface area contributed by atoms with E-state index in [1.165, 1.54) is 7.11 Å². The molecule has 1 aromatic rings. The zero-order chi connectivity index (χ0) is 28.8. The number of rotatable bonds is 10. The van der Waals surface area contributed by atoms with E-state index in [-0.39, 0.29) is 46.1 Å². The van der Waals surface area contributed by atoms with E-state index in [1.807, 2.05) is 6.07 Å². The quantitative estimate of drug-likeness (QED) is 0.315. The third-order valence-electron chi connectivity index (χ3n) is 9.46. The summed E-state index contributed by atoms with van der Waals surface area (Å²) in [5.74, 6) is -3.37. The summed E-state index contributed by atoms with van der Waals surface area (Å²) in [5.41, 5.74) is 2.00. The summed E-state index contributed by atoms with van der Waals surface area (Å²) in [5, 5.41) is 19.8. The first kappa shape index (κ1) is 30.4. The minimum Gasteiger partial charge on any atom is -0.497 e. The van der Waals surface area contributed by atoms with Crippen molar-refractivity contribution >= 4 is 29.2 Å². The van der Waals surface area contributed by atoms with Crippen molar-refractivity contribution in [2.75, 3.05) is 18.6 Å². The maximum Gasteiger partial charge on any atom is 0.492 e. The van der Waals surface area contributed by atoms with Crippen molar-refractivity contribution in [3.05, 3.63) is 23.3 Å². The average molecular weight is 578 g/mol. The van der Waals surface area contributed by atoms with E-state index in [0.717, 1.165) is 30.4 Å². The highest BCUT2D eigenvalue weighted by Gasteiger charge is 2.57. The van der Waals surface area contributed by atoms with Crippen molar-refractivity contribution in [1.82, 2.24) is 0 Å². The molecule has 2 fully saturated rings. The van der Waals surface area contributed by atoms with Crippen LogP contribution in [0.25, 0.3) is 0 Å². The van der Waals surface area contributed by atoms with Gasteiger partial charge in [0.2, 0.25) is 0 Å². The number of Topliss-reactive ketones (excluding diaryl/α,β-unsaturated/α-hetero) is 1. The number of carbonyl (C=O) groups excluding carboxylic acids is 1. The van der Waals surface area contributed by atoms with Gasteiger partial charge >= 0.3 is 19.2 Å². The first-order valence-corrected chi connectivity index (χ1v) is 15.1. The number of halogens is 5. The van der Waals surface area contributed by atoms with Gasteiger partial charge in [0.15, 0.2) is 0 Å². The van der Waals surface area contributed by atoms with Gasteiger partial charge in [-0.25, -0.2) is 0 Å². The van der Waals surface area contributed by atoms with Crippen molar-refractivity contribution in [1.29, 1.82) is 0 Å². The number of methoxy groups -OCH3 is 1. The maximum atomic E-state index is 13.2. The van der Waals surface area contributed by atoms with Crippen LogP contribution in [0.3, 0.4) is 0 Å². The van der Waals surface area contributed by atoms with Crippen molar-refractivity contribution in [2.24, 2.45) is 23.2 Å². The van der Waals surface area contributed by atoms with Crippen LogP contribution in [-0.4, -0.2) is 57.9 Å². The number of carbonyl (C=O) groups is 1. The predicted molar refractivity (Wildman–Crippen MR) is 139 cm³/mol. The molecule has 5 nitrogen and oxygen atoms in total. The molecule has 39 heavy (non-hydrogen) atoms. The van der Waals surface area contributed by atoms with Crippen LogP contribution in [0.4, 0.5) is 22.0 Å². The zero-order valence-corrected chi connectivity index (χ0v) is 23.1. The Morgan fingerprint density at radius 2 is 1.82 bits per heavy atom. The Balaban J connectivity index is 1.48. The molecule has 0 amide bonds. The van der Waals surface area contributed by atoms with Crippen LogP contribution >= 0.6 is 0 Å². The zero-order valence-electron chi connectivity index (χ0n) is 22.2. The lowest BCUT2D eigenvalue weighted by atomic mass is 9.52. The Kier molecular flexibility index (Phi) is 8.89. The molecule has 0 heterocycles. The SMILES string of the molecule is COc1cc2c(cc1B(O)O)C[C@@H](CCCS(=O)CCCC(F)(F)C(F)(F)F)[C@@H]1[C@@H]2CC[C@]2(C)C(=O)CC[C@@H]12. The molecule has 1 unspecified atom stereocenters. The van der Waals surface area contributed by atoms with Crippen molar-refractivity contribution in [3.63, 3.8) is 0 Å². The highest BCUT2D eigenvalue weighted by atomic mass is 32.2. The number of ether oxygens (including phenoxy) is 1. The third kappa shape index (κ3) is 5.93. The molecule has 3 aliphatic carbocycles. The Bertz CT molecular complexity index is 1100. The van der Waals surface area contributed by atoms with E-state index in [4.69, 9.17) is 4.74 Å². The first-order valence-electron chi connectivity index (χ1n) is 13.6.